The number of carbonyl (C=O) groups is 2. The van der Waals surface area contributed by atoms with Gasteiger partial charge in [0.05, 0.1) is 11.6 Å². The smallest absolute Gasteiger partial charge is 0.344 e. The summed E-state index contributed by atoms with van der Waals surface area (Å²) >= 11 is 0. The highest BCUT2D eigenvalue weighted by Crippen LogP contribution is 2.19. The van der Waals surface area contributed by atoms with Crippen molar-refractivity contribution in [3.63, 3.8) is 0 Å². The minimum Gasteiger partial charge on any atom is -0.482 e. The van der Waals surface area contributed by atoms with Crippen molar-refractivity contribution in [2.24, 2.45) is 0 Å². The van der Waals surface area contributed by atoms with Crippen LogP contribution in [0.5, 0.6) is 5.75 Å². The third-order valence-electron chi connectivity index (χ3n) is 3.89. The summed E-state index contributed by atoms with van der Waals surface area (Å²) in [7, 11) is 0. The van der Waals surface area contributed by atoms with E-state index in [1.807, 2.05) is 6.07 Å². The summed E-state index contributed by atoms with van der Waals surface area (Å²) < 4.78 is 15.4. The first-order chi connectivity index (χ1) is 13.9. The van der Waals surface area contributed by atoms with Crippen molar-refractivity contribution in [3.8, 4) is 11.8 Å². The van der Waals surface area contributed by atoms with Crippen molar-refractivity contribution in [1.82, 2.24) is 0 Å². The lowest BCUT2D eigenvalue weighted by Gasteiger charge is -2.14. The van der Waals surface area contributed by atoms with Gasteiger partial charge in [0, 0.05) is 23.2 Å². The number of hydrogen-bond acceptors (Lipinski definition) is 7. The molecule has 146 valence electrons. The summed E-state index contributed by atoms with van der Waals surface area (Å²) in [5, 5.41) is 12.2. The third-order valence-corrected chi connectivity index (χ3v) is 3.89. The molecule has 8 heteroatoms. The van der Waals surface area contributed by atoms with Gasteiger partial charge in [-0.15, -0.1) is 0 Å². The quantitative estimate of drug-likeness (QED) is 0.506. The Morgan fingerprint density at radius 3 is 2.76 bits per heavy atom. The molecule has 0 aliphatic rings. The average molecular weight is 392 g/mol. The second-order valence-electron chi connectivity index (χ2n) is 6.06. The Morgan fingerprint density at radius 2 is 1.97 bits per heavy atom. The van der Waals surface area contributed by atoms with Gasteiger partial charge in [0.1, 0.15) is 11.3 Å². The first-order valence-electron chi connectivity index (χ1n) is 8.62. The van der Waals surface area contributed by atoms with Gasteiger partial charge in [-0.25, -0.2) is 9.59 Å². The summed E-state index contributed by atoms with van der Waals surface area (Å²) in [6, 6.07) is 16.1. The molecule has 0 bridgehead atoms. The number of esters is 1. The van der Waals surface area contributed by atoms with Crippen LogP contribution in [0.2, 0.25) is 0 Å². The predicted octanol–water partition coefficient (Wildman–Crippen LogP) is 2.61. The van der Waals surface area contributed by atoms with Crippen LogP contribution in [0.4, 0.5) is 5.69 Å². The number of benzene rings is 2. The summed E-state index contributed by atoms with van der Waals surface area (Å²) in [5.41, 5.74) is 0.655. The highest BCUT2D eigenvalue weighted by atomic mass is 16.6. The zero-order valence-electron chi connectivity index (χ0n) is 15.4. The van der Waals surface area contributed by atoms with E-state index in [9.17, 15) is 14.4 Å². The molecule has 0 spiro atoms. The van der Waals surface area contributed by atoms with Crippen molar-refractivity contribution >= 4 is 28.5 Å². The maximum Gasteiger partial charge on any atom is 0.344 e. The predicted molar refractivity (Wildman–Crippen MR) is 103 cm³/mol. The number of fused-ring (bicyclic) bond motifs is 1. The van der Waals surface area contributed by atoms with E-state index in [4.69, 9.17) is 19.2 Å². The molecule has 2 aromatic carbocycles. The van der Waals surface area contributed by atoms with Gasteiger partial charge in [0.2, 0.25) is 0 Å². The van der Waals surface area contributed by atoms with Crippen LogP contribution >= 0.6 is 0 Å². The molecule has 1 aromatic heterocycles. The topological polar surface area (TPSA) is 119 Å². The Balaban J connectivity index is 1.53. The molecule has 0 saturated carbocycles. The largest absolute Gasteiger partial charge is 0.482 e. The number of nitrogens with one attached hydrogen (secondary N) is 1. The fraction of sp³-hybridized carbons (Fsp3) is 0.143. The van der Waals surface area contributed by atoms with Crippen LogP contribution in [0, 0.1) is 11.3 Å². The van der Waals surface area contributed by atoms with Crippen LogP contribution in [-0.2, 0) is 14.3 Å². The average Bonchev–Trinajstić information content (AvgIpc) is 2.72. The van der Waals surface area contributed by atoms with Crippen molar-refractivity contribution in [2.75, 3.05) is 11.9 Å². The first-order valence-corrected chi connectivity index (χ1v) is 8.62. The van der Waals surface area contributed by atoms with E-state index in [-0.39, 0.29) is 0 Å². The Bertz CT molecular complexity index is 1160. The van der Waals surface area contributed by atoms with E-state index in [1.54, 1.807) is 36.4 Å². The van der Waals surface area contributed by atoms with E-state index in [0.717, 1.165) is 0 Å². The third kappa shape index (κ3) is 5.20. The second-order valence-corrected chi connectivity index (χ2v) is 6.06. The molecule has 3 rings (SSSR count). The Labute approximate surface area is 165 Å². The lowest BCUT2D eigenvalue weighted by Crippen LogP contribution is -2.31. The molecule has 0 fully saturated rings. The van der Waals surface area contributed by atoms with Crippen LogP contribution in [0.15, 0.2) is 63.8 Å². The van der Waals surface area contributed by atoms with Crippen LogP contribution in [0.25, 0.3) is 11.0 Å². The minimum absolute atomic E-state index is 0.314. The molecule has 1 N–H and O–H groups in total. The van der Waals surface area contributed by atoms with Crippen molar-refractivity contribution in [3.05, 3.63) is 70.6 Å². The molecule has 0 aliphatic carbocycles. The Hall–Kier alpha value is -4.12. The Kier molecular flexibility index (Phi) is 5.90. The second kappa shape index (κ2) is 8.71. The van der Waals surface area contributed by atoms with E-state index in [0.29, 0.717) is 28.0 Å². The molecule has 0 saturated heterocycles. The zero-order chi connectivity index (χ0) is 20.8. The number of carbonyl (C=O) groups excluding carboxylic acids is 2. The summed E-state index contributed by atoms with van der Waals surface area (Å²) in [4.78, 5) is 35.4. The molecule has 8 nitrogen and oxygen atoms in total. The van der Waals surface area contributed by atoms with Gasteiger partial charge in [0.15, 0.2) is 12.7 Å². The molecule has 29 heavy (non-hydrogen) atoms. The molecule has 1 heterocycles. The number of nitriles is 1. The number of ether oxygens (including phenoxy) is 2. The number of hydrogen-bond donors (Lipinski definition) is 1. The van der Waals surface area contributed by atoms with Crippen LogP contribution in [-0.4, -0.2) is 24.6 Å². The fourth-order valence-corrected chi connectivity index (χ4v) is 2.47. The SMILES string of the molecule is CC(OC(=O)COc1ccc2ccc(=O)oc2c1)C(=O)Nc1cccc(C#N)c1. The minimum atomic E-state index is -1.06. The van der Waals surface area contributed by atoms with Crippen LogP contribution in [0.1, 0.15) is 12.5 Å². The molecule has 3 aromatic rings. The summed E-state index contributed by atoms with van der Waals surface area (Å²) in [6.45, 7) is 0.996. The molecule has 0 aliphatic heterocycles. The van der Waals surface area contributed by atoms with Crippen molar-refractivity contribution in [2.45, 2.75) is 13.0 Å². The highest BCUT2D eigenvalue weighted by molar-refractivity contribution is 5.95. The van der Waals surface area contributed by atoms with Gasteiger partial charge in [-0.3, -0.25) is 4.79 Å². The van der Waals surface area contributed by atoms with Crippen molar-refractivity contribution in [1.29, 1.82) is 5.26 Å². The highest BCUT2D eigenvalue weighted by Gasteiger charge is 2.18. The van der Waals surface area contributed by atoms with E-state index in [1.165, 1.54) is 25.1 Å². The maximum atomic E-state index is 12.1. The van der Waals surface area contributed by atoms with Gasteiger partial charge in [-0.2, -0.15) is 5.26 Å². The Morgan fingerprint density at radius 1 is 1.17 bits per heavy atom. The zero-order valence-corrected chi connectivity index (χ0v) is 15.4. The van der Waals surface area contributed by atoms with Gasteiger partial charge in [0.25, 0.3) is 5.91 Å². The molecular weight excluding hydrogens is 376 g/mol. The van der Waals surface area contributed by atoms with Gasteiger partial charge in [-0.1, -0.05) is 6.07 Å². The number of rotatable bonds is 6. The molecule has 1 unspecified atom stereocenters. The molecule has 0 radical (unpaired) electrons. The standard InChI is InChI=1S/C21H16N2O6/c1-13(21(26)23-16-4-2-3-14(9-16)11-22)28-20(25)12-27-17-7-5-15-6-8-19(24)29-18(15)10-17/h2-10,13H,12H2,1H3,(H,23,26). The van der Waals surface area contributed by atoms with Gasteiger partial charge >= 0.3 is 11.6 Å². The van der Waals surface area contributed by atoms with E-state index in [2.05, 4.69) is 5.32 Å². The number of amides is 1. The number of nitrogens with zero attached hydrogens (tertiary/aromatic N) is 1. The molecule has 1 amide bonds. The normalized spacial score (nSPS) is 11.3. The fourth-order valence-electron chi connectivity index (χ4n) is 2.47. The van der Waals surface area contributed by atoms with Crippen molar-refractivity contribution < 1.29 is 23.5 Å². The van der Waals surface area contributed by atoms with Crippen LogP contribution < -0.4 is 15.7 Å². The van der Waals surface area contributed by atoms with E-state index >= 15 is 0 Å². The van der Waals surface area contributed by atoms with E-state index < -0.39 is 30.2 Å². The van der Waals surface area contributed by atoms with Gasteiger partial charge in [-0.05, 0) is 43.3 Å². The molecular formula is C21H16N2O6. The van der Waals surface area contributed by atoms with Gasteiger partial charge < -0.3 is 19.2 Å². The first kappa shape index (κ1) is 19.6. The molecule has 1 atom stereocenters. The monoisotopic (exact) mass is 392 g/mol. The lowest BCUT2D eigenvalue weighted by atomic mass is 10.2. The lowest BCUT2D eigenvalue weighted by molar-refractivity contribution is -0.155. The summed E-state index contributed by atoms with van der Waals surface area (Å²) in [5.74, 6) is -0.969. The maximum absolute atomic E-state index is 12.1. The van der Waals surface area contributed by atoms with Crippen LogP contribution in [0.3, 0.4) is 0 Å². The summed E-state index contributed by atoms with van der Waals surface area (Å²) in [6.07, 6.45) is -1.06. The number of anilines is 1.